The molecule has 2 heterocycles. The van der Waals surface area contributed by atoms with Crippen molar-refractivity contribution in [3.63, 3.8) is 0 Å². The van der Waals surface area contributed by atoms with Crippen molar-refractivity contribution in [2.45, 2.75) is 38.0 Å². The maximum absolute atomic E-state index is 12.0. The van der Waals surface area contributed by atoms with E-state index in [2.05, 4.69) is 17.1 Å². The number of amides is 1. The average Bonchev–Trinajstić information content (AvgIpc) is 3.30. The largest absolute Gasteiger partial charge is 0.484 e. The third-order valence-electron chi connectivity index (χ3n) is 3.92. The van der Waals surface area contributed by atoms with Gasteiger partial charge in [0.05, 0.1) is 5.75 Å². The zero-order chi connectivity index (χ0) is 16.8. The second-order valence-corrected chi connectivity index (χ2v) is 6.55. The number of hydrogen-bond donors (Lipinski definition) is 0. The normalized spacial score (nSPS) is 14.1. The van der Waals surface area contributed by atoms with E-state index in [9.17, 15) is 4.79 Å². The maximum Gasteiger partial charge on any atom is 0.277 e. The summed E-state index contributed by atoms with van der Waals surface area (Å²) in [6.45, 7) is 4.05. The predicted molar refractivity (Wildman–Crippen MR) is 91.0 cm³/mol. The van der Waals surface area contributed by atoms with Crippen LogP contribution in [-0.4, -0.2) is 39.8 Å². The molecule has 0 aliphatic carbocycles. The van der Waals surface area contributed by atoms with Crippen LogP contribution in [-0.2, 0) is 17.8 Å². The van der Waals surface area contributed by atoms with Crippen LogP contribution in [0.15, 0.2) is 33.9 Å². The highest BCUT2D eigenvalue weighted by Crippen LogP contribution is 2.19. The van der Waals surface area contributed by atoms with E-state index < -0.39 is 0 Å². The Hall–Kier alpha value is -2.02. The molecular weight excluding hydrogens is 326 g/mol. The van der Waals surface area contributed by atoms with Gasteiger partial charge in [0.15, 0.2) is 6.61 Å². The molecule has 3 rings (SSSR count). The maximum atomic E-state index is 12.0. The highest BCUT2D eigenvalue weighted by Gasteiger charge is 2.19. The molecule has 1 aromatic carbocycles. The Morgan fingerprint density at radius 2 is 2.00 bits per heavy atom. The molecule has 0 atom stereocenters. The van der Waals surface area contributed by atoms with Gasteiger partial charge in [0, 0.05) is 13.1 Å². The zero-order valence-electron chi connectivity index (χ0n) is 13.7. The summed E-state index contributed by atoms with van der Waals surface area (Å²) in [5.41, 5.74) is 1.27. The minimum atomic E-state index is 0.129. The topological polar surface area (TPSA) is 68.5 Å². The summed E-state index contributed by atoms with van der Waals surface area (Å²) in [6, 6.07) is 7.93. The molecule has 0 spiro atoms. The summed E-state index contributed by atoms with van der Waals surface area (Å²) < 4.78 is 11.1. The third-order valence-corrected chi connectivity index (χ3v) is 4.72. The number of hydrogen-bond acceptors (Lipinski definition) is 6. The first-order valence-electron chi connectivity index (χ1n) is 8.19. The molecular formula is C17H21N3O3S. The van der Waals surface area contributed by atoms with Gasteiger partial charge in [0.1, 0.15) is 5.75 Å². The van der Waals surface area contributed by atoms with Crippen LogP contribution in [0, 0.1) is 0 Å². The number of carbonyl (C=O) groups is 1. The van der Waals surface area contributed by atoms with Crippen LogP contribution in [0.3, 0.4) is 0 Å². The van der Waals surface area contributed by atoms with Crippen molar-refractivity contribution < 1.29 is 13.9 Å². The van der Waals surface area contributed by atoms with Crippen LogP contribution in [0.2, 0.25) is 0 Å². The van der Waals surface area contributed by atoms with E-state index in [1.54, 1.807) is 0 Å². The molecule has 1 aromatic heterocycles. The zero-order valence-corrected chi connectivity index (χ0v) is 14.6. The fourth-order valence-electron chi connectivity index (χ4n) is 2.50. The SMILES string of the molecule is CCc1ccc(OCc2nnc(SCC(=O)N3CCCC3)o2)cc1. The van der Waals surface area contributed by atoms with Crippen molar-refractivity contribution in [3.8, 4) is 5.75 Å². The number of carbonyl (C=O) groups excluding carboxylic acids is 1. The summed E-state index contributed by atoms with van der Waals surface area (Å²) in [5.74, 6) is 1.64. The summed E-state index contributed by atoms with van der Waals surface area (Å²) >= 11 is 1.28. The minimum Gasteiger partial charge on any atom is -0.484 e. The molecule has 1 aliphatic heterocycles. The van der Waals surface area contributed by atoms with Crippen molar-refractivity contribution in [1.29, 1.82) is 0 Å². The van der Waals surface area contributed by atoms with E-state index in [-0.39, 0.29) is 12.5 Å². The Balaban J connectivity index is 1.45. The monoisotopic (exact) mass is 347 g/mol. The number of nitrogens with zero attached hydrogens (tertiary/aromatic N) is 3. The van der Waals surface area contributed by atoms with E-state index in [0.717, 1.165) is 38.1 Å². The molecule has 1 amide bonds. The fraction of sp³-hybridized carbons (Fsp3) is 0.471. The Bertz CT molecular complexity index is 666. The third kappa shape index (κ3) is 4.50. The van der Waals surface area contributed by atoms with Crippen molar-refractivity contribution in [3.05, 3.63) is 35.7 Å². The lowest BCUT2D eigenvalue weighted by Crippen LogP contribution is -2.29. The first-order chi connectivity index (χ1) is 11.7. The number of aromatic nitrogens is 2. The van der Waals surface area contributed by atoms with Crippen LogP contribution in [0.4, 0.5) is 0 Å². The summed E-state index contributed by atoms with van der Waals surface area (Å²) in [7, 11) is 0. The highest BCUT2D eigenvalue weighted by atomic mass is 32.2. The van der Waals surface area contributed by atoms with Crippen LogP contribution in [0.5, 0.6) is 5.75 Å². The number of aryl methyl sites for hydroxylation is 1. The predicted octanol–water partition coefficient (Wildman–Crippen LogP) is 2.93. The van der Waals surface area contributed by atoms with Crippen LogP contribution in [0.25, 0.3) is 0 Å². The summed E-state index contributed by atoms with van der Waals surface area (Å²) in [4.78, 5) is 13.9. The summed E-state index contributed by atoms with van der Waals surface area (Å²) in [5, 5.41) is 8.31. The lowest BCUT2D eigenvalue weighted by Gasteiger charge is -2.13. The van der Waals surface area contributed by atoms with Gasteiger partial charge in [-0.2, -0.15) is 0 Å². The number of likely N-dealkylation sites (tertiary alicyclic amines) is 1. The average molecular weight is 347 g/mol. The quantitative estimate of drug-likeness (QED) is 0.717. The number of rotatable bonds is 7. The van der Waals surface area contributed by atoms with Gasteiger partial charge in [-0.15, -0.1) is 10.2 Å². The van der Waals surface area contributed by atoms with E-state index in [1.165, 1.54) is 17.3 Å². The smallest absolute Gasteiger partial charge is 0.277 e. The van der Waals surface area contributed by atoms with Crippen molar-refractivity contribution in [2.75, 3.05) is 18.8 Å². The van der Waals surface area contributed by atoms with E-state index >= 15 is 0 Å². The van der Waals surface area contributed by atoms with Crippen LogP contribution in [0.1, 0.15) is 31.2 Å². The molecule has 1 fully saturated rings. The lowest BCUT2D eigenvalue weighted by atomic mass is 10.2. The van der Waals surface area contributed by atoms with E-state index in [0.29, 0.717) is 16.9 Å². The molecule has 0 bridgehead atoms. The first kappa shape index (κ1) is 16.8. The molecule has 0 saturated carbocycles. The molecule has 6 nitrogen and oxygen atoms in total. The Labute approximate surface area is 145 Å². The van der Waals surface area contributed by atoms with Crippen molar-refractivity contribution in [1.82, 2.24) is 15.1 Å². The van der Waals surface area contributed by atoms with Gasteiger partial charge in [-0.25, -0.2) is 0 Å². The van der Waals surface area contributed by atoms with E-state index in [1.807, 2.05) is 29.2 Å². The second kappa shape index (κ2) is 8.19. The molecule has 1 aliphatic rings. The Kier molecular flexibility index (Phi) is 5.74. The van der Waals surface area contributed by atoms with Gasteiger partial charge >= 0.3 is 0 Å². The lowest BCUT2D eigenvalue weighted by molar-refractivity contribution is -0.127. The molecule has 2 aromatic rings. The van der Waals surface area contributed by atoms with Crippen LogP contribution >= 0.6 is 11.8 Å². The van der Waals surface area contributed by atoms with Crippen molar-refractivity contribution >= 4 is 17.7 Å². The molecule has 0 N–H and O–H groups in total. The van der Waals surface area contributed by atoms with Crippen molar-refractivity contribution in [2.24, 2.45) is 0 Å². The fourth-order valence-corrected chi connectivity index (χ4v) is 3.19. The second-order valence-electron chi connectivity index (χ2n) is 5.62. The standard InChI is InChI=1S/C17H21N3O3S/c1-2-13-5-7-14(8-6-13)22-11-15-18-19-17(23-15)24-12-16(21)20-9-3-4-10-20/h5-8H,2-4,9-12H2,1H3. The van der Waals surface area contributed by atoms with Gasteiger partial charge in [-0.05, 0) is 37.0 Å². The van der Waals surface area contributed by atoms with Gasteiger partial charge < -0.3 is 14.1 Å². The molecule has 0 unspecified atom stereocenters. The molecule has 1 saturated heterocycles. The first-order valence-corrected chi connectivity index (χ1v) is 9.18. The van der Waals surface area contributed by atoms with Gasteiger partial charge in [-0.3, -0.25) is 4.79 Å². The highest BCUT2D eigenvalue weighted by molar-refractivity contribution is 7.99. The molecule has 24 heavy (non-hydrogen) atoms. The summed E-state index contributed by atoms with van der Waals surface area (Å²) in [6.07, 6.45) is 3.19. The van der Waals surface area contributed by atoms with Crippen LogP contribution < -0.4 is 4.74 Å². The van der Waals surface area contributed by atoms with Gasteiger partial charge in [-0.1, -0.05) is 30.8 Å². The number of benzene rings is 1. The molecule has 0 radical (unpaired) electrons. The number of ether oxygens (including phenoxy) is 1. The van der Waals surface area contributed by atoms with E-state index in [4.69, 9.17) is 9.15 Å². The minimum absolute atomic E-state index is 0.129. The number of thioether (sulfide) groups is 1. The van der Waals surface area contributed by atoms with Gasteiger partial charge in [0.2, 0.25) is 5.91 Å². The molecule has 7 heteroatoms. The molecule has 128 valence electrons. The Morgan fingerprint density at radius 1 is 1.25 bits per heavy atom. The van der Waals surface area contributed by atoms with Gasteiger partial charge in [0.25, 0.3) is 11.1 Å². The Morgan fingerprint density at radius 3 is 2.71 bits per heavy atom.